The van der Waals surface area contributed by atoms with Gasteiger partial charge in [-0.05, 0) is 42.8 Å². The summed E-state index contributed by atoms with van der Waals surface area (Å²) in [5.74, 6) is -0.491. The zero-order valence-corrected chi connectivity index (χ0v) is 14.5. The van der Waals surface area contributed by atoms with E-state index >= 15 is 0 Å². The van der Waals surface area contributed by atoms with E-state index in [4.69, 9.17) is 0 Å². The van der Waals surface area contributed by atoms with Crippen LogP contribution in [0.15, 0.2) is 36.5 Å². The third kappa shape index (κ3) is 3.73. The standard InChI is InChI=1S/C19H22FN3O2/c1-13-8-15(20)5-6-17(13)19(25)23-11-14(9-18(24)21-2)10-22-7-3-4-16(22)12-23/h3-8,14H,9-12H2,1-2H3,(H,21,24). The van der Waals surface area contributed by atoms with Gasteiger partial charge in [-0.25, -0.2) is 4.39 Å². The molecule has 0 fully saturated rings. The second kappa shape index (κ2) is 7.09. The number of aryl methyl sites for hydroxylation is 1. The fourth-order valence-electron chi connectivity index (χ4n) is 3.36. The molecular formula is C19H22FN3O2. The minimum Gasteiger partial charge on any atom is -0.359 e. The number of amides is 2. The number of hydrogen-bond donors (Lipinski definition) is 1. The number of fused-ring (bicyclic) bond motifs is 1. The number of hydrogen-bond acceptors (Lipinski definition) is 2. The van der Waals surface area contributed by atoms with Crippen molar-refractivity contribution in [3.05, 3.63) is 59.2 Å². The molecule has 3 rings (SSSR count). The van der Waals surface area contributed by atoms with Gasteiger partial charge in [-0.1, -0.05) is 0 Å². The zero-order valence-electron chi connectivity index (χ0n) is 14.5. The first-order chi connectivity index (χ1) is 12.0. The molecular weight excluding hydrogens is 321 g/mol. The monoisotopic (exact) mass is 343 g/mol. The maximum atomic E-state index is 13.3. The van der Waals surface area contributed by atoms with Gasteiger partial charge in [-0.2, -0.15) is 0 Å². The van der Waals surface area contributed by atoms with E-state index in [0.717, 1.165) is 5.69 Å². The number of carbonyl (C=O) groups excluding carboxylic acids is 2. The van der Waals surface area contributed by atoms with Gasteiger partial charge >= 0.3 is 0 Å². The second-order valence-electron chi connectivity index (χ2n) is 6.54. The molecule has 0 bridgehead atoms. The Morgan fingerprint density at radius 3 is 2.80 bits per heavy atom. The first-order valence-electron chi connectivity index (χ1n) is 8.38. The van der Waals surface area contributed by atoms with Crippen LogP contribution in [0.5, 0.6) is 0 Å². The average Bonchev–Trinajstić information content (AvgIpc) is 2.93. The molecule has 2 amide bonds. The molecule has 2 aromatic rings. The predicted octanol–water partition coefficient (Wildman–Crippen LogP) is 2.34. The number of aromatic nitrogens is 1. The quantitative estimate of drug-likeness (QED) is 0.930. The molecule has 1 aromatic carbocycles. The summed E-state index contributed by atoms with van der Waals surface area (Å²) in [6, 6.07) is 8.15. The fraction of sp³-hybridized carbons (Fsp3) is 0.368. The minimum atomic E-state index is -0.351. The summed E-state index contributed by atoms with van der Waals surface area (Å²) in [5, 5.41) is 2.65. The largest absolute Gasteiger partial charge is 0.359 e. The Balaban J connectivity index is 1.88. The van der Waals surface area contributed by atoms with Crippen LogP contribution in [0.4, 0.5) is 4.39 Å². The van der Waals surface area contributed by atoms with E-state index < -0.39 is 0 Å². The molecule has 0 saturated carbocycles. The van der Waals surface area contributed by atoms with Gasteiger partial charge in [0.05, 0.1) is 6.54 Å². The molecule has 1 atom stereocenters. The van der Waals surface area contributed by atoms with E-state index in [1.54, 1.807) is 18.9 Å². The van der Waals surface area contributed by atoms with Crippen LogP contribution in [0.25, 0.3) is 0 Å². The number of carbonyl (C=O) groups is 2. The predicted molar refractivity (Wildman–Crippen MR) is 92.5 cm³/mol. The smallest absolute Gasteiger partial charge is 0.254 e. The van der Waals surface area contributed by atoms with Crippen molar-refractivity contribution in [1.82, 2.24) is 14.8 Å². The van der Waals surface area contributed by atoms with Crippen molar-refractivity contribution in [2.45, 2.75) is 26.4 Å². The Hall–Kier alpha value is -2.63. The highest BCUT2D eigenvalue weighted by molar-refractivity contribution is 5.95. The molecule has 1 aromatic heterocycles. The van der Waals surface area contributed by atoms with E-state index in [1.165, 1.54) is 18.2 Å². The summed E-state index contributed by atoms with van der Waals surface area (Å²) in [6.45, 7) is 3.40. The second-order valence-corrected chi connectivity index (χ2v) is 6.54. The lowest BCUT2D eigenvalue weighted by Gasteiger charge is -2.24. The summed E-state index contributed by atoms with van der Waals surface area (Å²) in [6.07, 6.45) is 2.34. The van der Waals surface area contributed by atoms with Gasteiger partial charge in [0.15, 0.2) is 0 Å². The summed E-state index contributed by atoms with van der Waals surface area (Å²) < 4.78 is 15.4. The van der Waals surface area contributed by atoms with Gasteiger partial charge in [0.2, 0.25) is 5.91 Å². The lowest BCUT2D eigenvalue weighted by Crippen LogP contribution is -2.36. The highest BCUT2D eigenvalue weighted by Gasteiger charge is 2.27. The van der Waals surface area contributed by atoms with Gasteiger partial charge in [0.25, 0.3) is 5.91 Å². The average molecular weight is 343 g/mol. The summed E-state index contributed by atoms with van der Waals surface area (Å²) in [5.41, 5.74) is 2.15. The summed E-state index contributed by atoms with van der Waals surface area (Å²) in [7, 11) is 1.62. The molecule has 1 N–H and O–H groups in total. The van der Waals surface area contributed by atoms with Crippen molar-refractivity contribution in [1.29, 1.82) is 0 Å². The van der Waals surface area contributed by atoms with Crippen LogP contribution in [0.3, 0.4) is 0 Å². The van der Waals surface area contributed by atoms with Crippen LogP contribution < -0.4 is 5.32 Å². The van der Waals surface area contributed by atoms with Crippen LogP contribution in [0, 0.1) is 18.7 Å². The van der Waals surface area contributed by atoms with Crippen molar-refractivity contribution in [3.8, 4) is 0 Å². The highest BCUT2D eigenvalue weighted by atomic mass is 19.1. The van der Waals surface area contributed by atoms with Crippen molar-refractivity contribution in [2.24, 2.45) is 5.92 Å². The van der Waals surface area contributed by atoms with E-state index in [2.05, 4.69) is 9.88 Å². The number of rotatable bonds is 3. The number of benzene rings is 1. The number of halogens is 1. The molecule has 6 heteroatoms. The Labute approximate surface area is 146 Å². The molecule has 0 aliphatic carbocycles. The van der Waals surface area contributed by atoms with E-state index in [1.807, 2.05) is 18.3 Å². The lowest BCUT2D eigenvalue weighted by atomic mass is 10.0. The normalized spacial score (nSPS) is 16.9. The van der Waals surface area contributed by atoms with Crippen molar-refractivity contribution >= 4 is 11.8 Å². The van der Waals surface area contributed by atoms with Gasteiger partial charge in [0.1, 0.15) is 5.82 Å². The SMILES string of the molecule is CNC(=O)CC1CN(C(=O)c2ccc(F)cc2C)Cc2cccn2C1. The Bertz CT molecular complexity index is 800. The Morgan fingerprint density at radius 2 is 2.08 bits per heavy atom. The zero-order chi connectivity index (χ0) is 18.0. The van der Waals surface area contributed by atoms with Crippen LogP contribution >= 0.6 is 0 Å². The van der Waals surface area contributed by atoms with E-state index in [-0.39, 0.29) is 23.5 Å². The molecule has 1 unspecified atom stereocenters. The minimum absolute atomic E-state index is 0.0262. The van der Waals surface area contributed by atoms with Gasteiger partial charge in [-0.15, -0.1) is 0 Å². The van der Waals surface area contributed by atoms with Crippen LogP contribution in [0.2, 0.25) is 0 Å². The lowest BCUT2D eigenvalue weighted by molar-refractivity contribution is -0.121. The number of nitrogens with one attached hydrogen (secondary N) is 1. The van der Waals surface area contributed by atoms with Crippen molar-refractivity contribution in [2.75, 3.05) is 13.6 Å². The van der Waals surface area contributed by atoms with E-state index in [9.17, 15) is 14.0 Å². The van der Waals surface area contributed by atoms with Gasteiger partial charge < -0.3 is 14.8 Å². The summed E-state index contributed by atoms with van der Waals surface area (Å²) in [4.78, 5) is 26.6. The fourth-order valence-corrected chi connectivity index (χ4v) is 3.36. The molecule has 1 aliphatic rings. The van der Waals surface area contributed by atoms with E-state index in [0.29, 0.717) is 37.2 Å². The third-order valence-electron chi connectivity index (χ3n) is 4.67. The molecule has 132 valence electrons. The van der Waals surface area contributed by atoms with Crippen LogP contribution in [-0.4, -0.2) is 34.9 Å². The van der Waals surface area contributed by atoms with Crippen molar-refractivity contribution < 1.29 is 14.0 Å². The first-order valence-corrected chi connectivity index (χ1v) is 8.38. The maximum Gasteiger partial charge on any atom is 0.254 e. The molecule has 0 saturated heterocycles. The third-order valence-corrected chi connectivity index (χ3v) is 4.67. The van der Waals surface area contributed by atoms with Gasteiger partial charge in [0, 0.05) is 49.9 Å². The molecule has 1 aliphatic heterocycles. The summed E-state index contributed by atoms with van der Waals surface area (Å²) >= 11 is 0. The Kier molecular flexibility index (Phi) is 4.88. The maximum absolute atomic E-state index is 13.3. The van der Waals surface area contributed by atoms with Crippen LogP contribution in [-0.2, 0) is 17.9 Å². The molecule has 0 spiro atoms. The topological polar surface area (TPSA) is 54.3 Å². The van der Waals surface area contributed by atoms with Crippen molar-refractivity contribution in [3.63, 3.8) is 0 Å². The van der Waals surface area contributed by atoms with Crippen LogP contribution in [0.1, 0.15) is 28.0 Å². The molecule has 2 heterocycles. The van der Waals surface area contributed by atoms with Gasteiger partial charge in [-0.3, -0.25) is 9.59 Å². The highest BCUT2D eigenvalue weighted by Crippen LogP contribution is 2.22. The molecule has 0 radical (unpaired) electrons. The Morgan fingerprint density at radius 1 is 1.28 bits per heavy atom. The molecule has 25 heavy (non-hydrogen) atoms. The number of nitrogens with zero attached hydrogens (tertiary/aromatic N) is 2. The molecule has 5 nitrogen and oxygen atoms in total. The first kappa shape index (κ1) is 17.2.